The number of hydrogen-bond acceptors (Lipinski definition) is 5. The second kappa shape index (κ2) is 11.7. The molecule has 2 aliphatic rings. The summed E-state index contributed by atoms with van der Waals surface area (Å²) in [6.45, 7) is 5.98. The van der Waals surface area contributed by atoms with Crippen molar-refractivity contribution in [2.75, 3.05) is 45.2 Å². The molecule has 2 heterocycles. The van der Waals surface area contributed by atoms with E-state index in [4.69, 9.17) is 16.3 Å². The summed E-state index contributed by atoms with van der Waals surface area (Å²) >= 11 is 6.21. The Morgan fingerprint density at radius 3 is 2.57 bits per heavy atom. The van der Waals surface area contributed by atoms with E-state index in [9.17, 15) is 14.4 Å². The second-order valence-electron chi connectivity index (χ2n) is 9.15. The maximum Gasteiger partial charge on any atom is 0.338 e. The monoisotopic (exact) mass is 525 g/mol. The van der Waals surface area contributed by atoms with E-state index >= 15 is 0 Å². The van der Waals surface area contributed by atoms with E-state index < -0.39 is 12.0 Å². The smallest absolute Gasteiger partial charge is 0.338 e. The number of rotatable bonds is 6. The molecule has 0 saturated carbocycles. The van der Waals surface area contributed by atoms with Crippen molar-refractivity contribution in [3.05, 3.63) is 76.5 Å². The summed E-state index contributed by atoms with van der Waals surface area (Å²) in [4.78, 5) is 44.4. The Labute approximate surface area is 222 Å². The molecule has 1 saturated heterocycles. The summed E-state index contributed by atoms with van der Waals surface area (Å²) in [5.74, 6) is -0.483. The molecule has 2 aliphatic heterocycles. The number of benzene rings is 2. The van der Waals surface area contributed by atoms with Crippen LogP contribution < -0.4 is 10.6 Å². The molecule has 4 rings (SSSR count). The minimum absolute atomic E-state index is 0.0736. The van der Waals surface area contributed by atoms with Gasteiger partial charge < -0.3 is 20.3 Å². The van der Waals surface area contributed by atoms with Crippen LogP contribution in [0.3, 0.4) is 0 Å². The molecule has 1 fully saturated rings. The van der Waals surface area contributed by atoms with Gasteiger partial charge in [0.1, 0.15) is 0 Å². The Kier molecular flexibility index (Phi) is 8.35. The number of esters is 1. The van der Waals surface area contributed by atoms with Gasteiger partial charge in [0.15, 0.2) is 0 Å². The number of nitrogens with one attached hydrogen (secondary N) is 2. The first-order chi connectivity index (χ1) is 17.8. The fraction of sp³-hybridized carbons (Fsp3) is 0.370. The molecular weight excluding hydrogens is 494 g/mol. The molecular formula is C27H32ClN5O4. The molecule has 0 aliphatic carbocycles. The van der Waals surface area contributed by atoms with Crippen molar-refractivity contribution in [1.82, 2.24) is 20.0 Å². The third-order valence-corrected chi connectivity index (χ3v) is 6.86. The van der Waals surface area contributed by atoms with Gasteiger partial charge in [-0.1, -0.05) is 41.9 Å². The molecule has 0 radical (unpaired) electrons. The highest BCUT2D eigenvalue weighted by atomic mass is 35.5. The summed E-state index contributed by atoms with van der Waals surface area (Å²) in [6.07, 6.45) is 0. The fourth-order valence-electron chi connectivity index (χ4n) is 4.74. The molecule has 196 valence electrons. The maximum absolute atomic E-state index is 13.2. The van der Waals surface area contributed by atoms with Crippen LogP contribution in [0, 0.1) is 0 Å². The van der Waals surface area contributed by atoms with Crippen LogP contribution in [-0.2, 0) is 9.53 Å². The van der Waals surface area contributed by atoms with E-state index in [1.54, 1.807) is 37.1 Å². The number of hydrogen-bond donors (Lipinski definition) is 2. The third kappa shape index (κ3) is 6.06. The van der Waals surface area contributed by atoms with E-state index in [1.165, 1.54) is 4.90 Å². The SMILES string of the molecule is CCOC(=O)C1=C(CN2CCN(C(=O)Nc3ccccc3)[C@H](C)C2)N(C)C(=O)N[C@H]1c1cccc(Cl)c1. The van der Waals surface area contributed by atoms with Crippen LogP contribution in [0.4, 0.5) is 15.3 Å². The molecule has 2 aromatic carbocycles. The van der Waals surface area contributed by atoms with Crippen molar-refractivity contribution in [2.24, 2.45) is 0 Å². The number of nitrogens with zero attached hydrogens (tertiary/aromatic N) is 3. The van der Waals surface area contributed by atoms with Crippen LogP contribution in [0.15, 0.2) is 65.9 Å². The number of piperazine rings is 1. The summed E-state index contributed by atoms with van der Waals surface area (Å²) in [5.41, 5.74) is 2.39. The van der Waals surface area contributed by atoms with E-state index in [1.807, 2.05) is 43.3 Å². The molecule has 37 heavy (non-hydrogen) atoms. The number of carbonyl (C=O) groups excluding carboxylic acids is 3. The predicted octanol–water partition coefficient (Wildman–Crippen LogP) is 4.09. The fourth-order valence-corrected chi connectivity index (χ4v) is 4.94. The summed E-state index contributed by atoms with van der Waals surface area (Å²) in [6, 6.07) is 15.2. The summed E-state index contributed by atoms with van der Waals surface area (Å²) in [7, 11) is 1.64. The zero-order chi connectivity index (χ0) is 26.5. The summed E-state index contributed by atoms with van der Waals surface area (Å²) < 4.78 is 5.41. The van der Waals surface area contributed by atoms with Crippen molar-refractivity contribution in [3.8, 4) is 0 Å². The van der Waals surface area contributed by atoms with Gasteiger partial charge in [-0.2, -0.15) is 0 Å². The van der Waals surface area contributed by atoms with Gasteiger partial charge in [-0.05, 0) is 43.7 Å². The van der Waals surface area contributed by atoms with Crippen molar-refractivity contribution in [3.63, 3.8) is 0 Å². The van der Waals surface area contributed by atoms with Crippen molar-refractivity contribution in [2.45, 2.75) is 25.9 Å². The normalized spacial score (nSPS) is 20.5. The average molecular weight is 526 g/mol. The van der Waals surface area contributed by atoms with Gasteiger partial charge in [0.25, 0.3) is 0 Å². The number of halogens is 1. The Balaban J connectivity index is 1.56. The Bertz CT molecular complexity index is 1190. The number of para-hydroxylation sites is 1. The topological polar surface area (TPSA) is 94.2 Å². The predicted molar refractivity (Wildman–Crippen MR) is 142 cm³/mol. The van der Waals surface area contributed by atoms with E-state index in [0.29, 0.717) is 48.0 Å². The second-order valence-corrected chi connectivity index (χ2v) is 9.59. The molecule has 0 aromatic heterocycles. The quantitative estimate of drug-likeness (QED) is 0.554. The van der Waals surface area contributed by atoms with E-state index in [2.05, 4.69) is 15.5 Å². The molecule has 0 unspecified atom stereocenters. The van der Waals surface area contributed by atoms with Crippen LogP contribution in [0.2, 0.25) is 5.02 Å². The number of anilines is 1. The molecule has 4 amide bonds. The first kappa shape index (κ1) is 26.5. The van der Waals surface area contributed by atoms with Crippen LogP contribution >= 0.6 is 11.6 Å². The number of amides is 4. The van der Waals surface area contributed by atoms with Crippen molar-refractivity contribution in [1.29, 1.82) is 0 Å². The molecule has 0 bridgehead atoms. The van der Waals surface area contributed by atoms with Gasteiger partial charge >= 0.3 is 18.0 Å². The Morgan fingerprint density at radius 2 is 1.89 bits per heavy atom. The number of urea groups is 2. The number of likely N-dealkylation sites (N-methyl/N-ethyl adjacent to an activating group) is 1. The van der Waals surface area contributed by atoms with Gasteiger partial charge in [-0.3, -0.25) is 9.80 Å². The van der Waals surface area contributed by atoms with Crippen molar-refractivity contribution >= 4 is 35.3 Å². The minimum atomic E-state index is -0.688. The lowest BCUT2D eigenvalue weighted by Crippen LogP contribution is -2.56. The zero-order valence-electron chi connectivity index (χ0n) is 21.2. The molecule has 2 N–H and O–H groups in total. The van der Waals surface area contributed by atoms with Gasteiger partial charge in [-0.25, -0.2) is 14.4 Å². The maximum atomic E-state index is 13.2. The largest absolute Gasteiger partial charge is 0.463 e. The van der Waals surface area contributed by atoms with Crippen LogP contribution in [0.5, 0.6) is 0 Å². The summed E-state index contributed by atoms with van der Waals surface area (Å²) in [5, 5.41) is 6.36. The number of carbonyl (C=O) groups is 3. The molecule has 9 nitrogen and oxygen atoms in total. The zero-order valence-corrected chi connectivity index (χ0v) is 22.0. The Hall–Kier alpha value is -3.56. The molecule has 0 spiro atoms. The van der Waals surface area contributed by atoms with Gasteiger partial charge in [-0.15, -0.1) is 0 Å². The lowest BCUT2D eigenvalue weighted by atomic mass is 9.94. The average Bonchev–Trinajstić information content (AvgIpc) is 2.87. The van der Waals surface area contributed by atoms with Crippen LogP contribution in [0.1, 0.15) is 25.5 Å². The molecule has 2 aromatic rings. The first-order valence-corrected chi connectivity index (χ1v) is 12.7. The van der Waals surface area contributed by atoms with Gasteiger partial charge in [0.2, 0.25) is 0 Å². The third-order valence-electron chi connectivity index (χ3n) is 6.63. The van der Waals surface area contributed by atoms with Crippen LogP contribution in [0.25, 0.3) is 0 Å². The number of ether oxygens (including phenoxy) is 1. The lowest BCUT2D eigenvalue weighted by molar-refractivity contribution is -0.139. The highest BCUT2D eigenvalue weighted by Crippen LogP contribution is 2.32. The van der Waals surface area contributed by atoms with E-state index in [0.717, 1.165) is 5.69 Å². The minimum Gasteiger partial charge on any atom is -0.463 e. The van der Waals surface area contributed by atoms with Crippen molar-refractivity contribution < 1.29 is 19.1 Å². The van der Waals surface area contributed by atoms with Gasteiger partial charge in [0.05, 0.1) is 18.2 Å². The van der Waals surface area contributed by atoms with E-state index in [-0.39, 0.29) is 24.7 Å². The van der Waals surface area contributed by atoms with Crippen LogP contribution in [-0.4, -0.2) is 78.6 Å². The first-order valence-electron chi connectivity index (χ1n) is 12.3. The lowest BCUT2D eigenvalue weighted by Gasteiger charge is -2.42. The highest BCUT2D eigenvalue weighted by Gasteiger charge is 2.38. The Morgan fingerprint density at radius 1 is 1.14 bits per heavy atom. The molecule has 2 atom stereocenters. The standard InChI is InChI=1S/C27H32ClN5O4/c1-4-37-25(34)23-22(31(3)26(35)30-24(23)19-9-8-10-20(28)15-19)17-32-13-14-33(18(2)16-32)27(36)29-21-11-6-5-7-12-21/h5-12,15,18,24H,4,13-14,16-17H2,1-3H3,(H,29,36)(H,30,35)/t18-,24+/m1/s1. The highest BCUT2D eigenvalue weighted by molar-refractivity contribution is 6.30. The van der Waals surface area contributed by atoms with Gasteiger partial charge in [0, 0.05) is 55.7 Å². The molecule has 10 heteroatoms.